The van der Waals surface area contributed by atoms with Crippen molar-refractivity contribution in [1.29, 1.82) is 0 Å². The molecule has 0 atom stereocenters. The molecule has 1 aromatic rings. The van der Waals surface area contributed by atoms with E-state index in [1.807, 2.05) is 0 Å². The molecule has 0 N–H and O–H groups in total. The zero-order chi connectivity index (χ0) is 12.6. The Labute approximate surface area is 91.8 Å². The smallest absolute Gasteiger partial charge is 0.166 e. The third-order valence-electron chi connectivity index (χ3n) is 1.89. The standard InChI is InChI=1S/C9H5ClF6/c10-4-5-1-2-6(8(11,12)13)3-7(5)9(14,15)16/h1-3H,4H2. The Balaban J connectivity index is 3.34. The SMILES string of the molecule is FC(F)(F)c1ccc(CCl)c(C(F)(F)F)c1. The van der Waals surface area contributed by atoms with Crippen molar-refractivity contribution < 1.29 is 26.3 Å². The maximum absolute atomic E-state index is 12.4. The van der Waals surface area contributed by atoms with Gasteiger partial charge in [0.25, 0.3) is 0 Å². The Morgan fingerprint density at radius 3 is 1.88 bits per heavy atom. The zero-order valence-electron chi connectivity index (χ0n) is 7.58. The second kappa shape index (κ2) is 4.16. The first-order valence-electron chi connectivity index (χ1n) is 3.99. The van der Waals surface area contributed by atoms with Crippen molar-refractivity contribution in [2.24, 2.45) is 0 Å². The molecule has 0 aliphatic carbocycles. The third-order valence-corrected chi connectivity index (χ3v) is 2.17. The van der Waals surface area contributed by atoms with Gasteiger partial charge in [0.2, 0.25) is 0 Å². The minimum atomic E-state index is -4.84. The van der Waals surface area contributed by atoms with E-state index in [9.17, 15) is 26.3 Å². The highest BCUT2D eigenvalue weighted by molar-refractivity contribution is 6.17. The molecular formula is C9H5ClF6. The lowest BCUT2D eigenvalue weighted by molar-refractivity contribution is -0.143. The molecule has 0 fully saturated rings. The van der Waals surface area contributed by atoms with E-state index < -0.39 is 29.4 Å². The van der Waals surface area contributed by atoms with Crippen molar-refractivity contribution in [3.63, 3.8) is 0 Å². The highest BCUT2D eigenvalue weighted by Crippen LogP contribution is 2.37. The second-order valence-electron chi connectivity index (χ2n) is 3.00. The molecule has 1 aromatic carbocycles. The van der Waals surface area contributed by atoms with Gasteiger partial charge in [-0.2, -0.15) is 26.3 Å². The van der Waals surface area contributed by atoms with Gasteiger partial charge in [-0.15, -0.1) is 11.6 Å². The normalized spacial score (nSPS) is 12.9. The molecule has 0 bridgehead atoms. The molecule has 0 aliphatic heterocycles. The van der Waals surface area contributed by atoms with Gasteiger partial charge in [0.15, 0.2) is 0 Å². The van der Waals surface area contributed by atoms with Crippen LogP contribution >= 0.6 is 11.6 Å². The first-order valence-corrected chi connectivity index (χ1v) is 4.53. The lowest BCUT2D eigenvalue weighted by Gasteiger charge is -2.14. The molecule has 0 spiro atoms. The van der Waals surface area contributed by atoms with Crippen molar-refractivity contribution in [2.75, 3.05) is 0 Å². The minimum Gasteiger partial charge on any atom is -0.166 e. The molecule has 0 radical (unpaired) electrons. The summed E-state index contributed by atoms with van der Waals surface area (Å²) in [6.07, 6.45) is -9.64. The summed E-state index contributed by atoms with van der Waals surface area (Å²) in [6, 6.07) is 1.38. The third kappa shape index (κ3) is 2.81. The first kappa shape index (κ1) is 13.2. The van der Waals surface area contributed by atoms with Gasteiger partial charge in [-0.3, -0.25) is 0 Å². The lowest BCUT2D eigenvalue weighted by Crippen LogP contribution is -2.12. The maximum Gasteiger partial charge on any atom is 0.416 e. The van der Waals surface area contributed by atoms with Crippen LogP contribution in [0.25, 0.3) is 0 Å². The van der Waals surface area contributed by atoms with Crippen molar-refractivity contribution in [3.05, 3.63) is 34.9 Å². The molecule has 90 valence electrons. The fourth-order valence-corrected chi connectivity index (χ4v) is 1.37. The molecule has 0 aromatic heterocycles. The molecule has 16 heavy (non-hydrogen) atoms. The number of benzene rings is 1. The van der Waals surface area contributed by atoms with Gasteiger partial charge in [-0.25, -0.2) is 0 Å². The first-order chi connectivity index (χ1) is 7.16. The van der Waals surface area contributed by atoms with Crippen LogP contribution in [-0.2, 0) is 18.2 Å². The zero-order valence-corrected chi connectivity index (χ0v) is 8.34. The Kier molecular flexibility index (Phi) is 3.42. The molecular weight excluding hydrogens is 258 g/mol. The van der Waals surface area contributed by atoms with E-state index in [0.29, 0.717) is 6.07 Å². The fourth-order valence-electron chi connectivity index (χ4n) is 1.13. The number of hydrogen-bond acceptors (Lipinski definition) is 0. The van der Waals surface area contributed by atoms with E-state index in [1.54, 1.807) is 0 Å². The van der Waals surface area contributed by atoms with Gasteiger partial charge in [0, 0.05) is 5.88 Å². The average molecular weight is 263 g/mol. The lowest BCUT2D eigenvalue weighted by atomic mass is 10.0. The molecule has 0 aliphatic rings. The highest BCUT2D eigenvalue weighted by atomic mass is 35.5. The van der Waals surface area contributed by atoms with Gasteiger partial charge in [-0.1, -0.05) is 6.07 Å². The van der Waals surface area contributed by atoms with Crippen molar-refractivity contribution >= 4 is 11.6 Å². The highest BCUT2D eigenvalue weighted by Gasteiger charge is 2.37. The van der Waals surface area contributed by atoms with E-state index in [0.717, 1.165) is 6.07 Å². The van der Waals surface area contributed by atoms with Gasteiger partial charge in [-0.05, 0) is 17.7 Å². The topological polar surface area (TPSA) is 0 Å². The molecule has 0 heterocycles. The van der Waals surface area contributed by atoms with E-state index in [2.05, 4.69) is 0 Å². The molecule has 0 nitrogen and oxygen atoms in total. The minimum absolute atomic E-state index is 0.0672. The van der Waals surface area contributed by atoms with Crippen LogP contribution < -0.4 is 0 Å². The number of rotatable bonds is 1. The van der Waals surface area contributed by atoms with Crippen LogP contribution in [0.4, 0.5) is 26.3 Å². The molecule has 0 amide bonds. The molecule has 0 saturated carbocycles. The van der Waals surface area contributed by atoms with Crippen LogP contribution in [0.2, 0.25) is 0 Å². The summed E-state index contributed by atoms with van der Waals surface area (Å²) in [5, 5.41) is 0. The predicted molar refractivity (Wildman–Crippen MR) is 46.0 cm³/mol. The Bertz CT molecular complexity index is 379. The van der Waals surface area contributed by atoms with Gasteiger partial charge >= 0.3 is 12.4 Å². The van der Waals surface area contributed by atoms with Crippen LogP contribution in [0.1, 0.15) is 16.7 Å². The monoisotopic (exact) mass is 262 g/mol. The van der Waals surface area contributed by atoms with Gasteiger partial charge in [0.05, 0.1) is 11.1 Å². The van der Waals surface area contributed by atoms with E-state index in [4.69, 9.17) is 11.6 Å². The molecule has 1 rings (SSSR count). The van der Waals surface area contributed by atoms with Crippen LogP contribution in [0.15, 0.2) is 18.2 Å². The second-order valence-corrected chi connectivity index (χ2v) is 3.27. The van der Waals surface area contributed by atoms with Crippen LogP contribution in [0.5, 0.6) is 0 Å². The van der Waals surface area contributed by atoms with Crippen LogP contribution in [0, 0.1) is 0 Å². The van der Waals surface area contributed by atoms with Crippen molar-refractivity contribution in [2.45, 2.75) is 18.2 Å². The Morgan fingerprint density at radius 1 is 0.938 bits per heavy atom. The summed E-state index contributed by atoms with van der Waals surface area (Å²) in [7, 11) is 0. The summed E-state index contributed by atoms with van der Waals surface area (Å²) in [5.41, 5.74) is -3.06. The van der Waals surface area contributed by atoms with Gasteiger partial charge in [0.1, 0.15) is 0 Å². The van der Waals surface area contributed by atoms with Crippen molar-refractivity contribution in [3.8, 4) is 0 Å². The summed E-state index contributed by atoms with van der Waals surface area (Å²) in [4.78, 5) is 0. The molecule has 0 unspecified atom stereocenters. The number of halogens is 7. The Hall–Kier alpha value is -0.910. The maximum atomic E-state index is 12.4. The largest absolute Gasteiger partial charge is 0.416 e. The van der Waals surface area contributed by atoms with E-state index >= 15 is 0 Å². The average Bonchev–Trinajstić information content (AvgIpc) is 2.14. The summed E-state index contributed by atoms with van der Waals surface area (Å²) < 4.78 is 73.7. The summed E-state index contributed by atoms with van der Waals surface area (Å²) >= 11 is 5.22. The predicted octanol–water partition coefficient (Wildman–Crippen LogP) is 4.46. The quantitative estimate of drug-likeness (QED) is 0.518. The number of hydrogen-bond donors (Lipinski definition) is 0. The van der Waals surface area contributed by atoms with Crippen molar-refractivity contribution in [1.82, 2.24) is 0 Å². The van der Waals surface area contributed by atoms with Gasteiger partial charge < -0.3 is 0 Å². The van der Waals surface area contributed by atoms with E-state index in [-0.39, 0.29) is 11.6 Å². The number of alkyl halides is 7. The Morgan fingerprint density at radius 2 is 1.50 bits per heavy atom. The fraction of sp³-hybridized carbons (Fsp3) is 0.333. The summed E-state index contributed by atoms with van der Waals surface area (Å²) in [5.74, 6) is -0.493. The molecule has 7 heteroatoms. The van der Waals surface area contributed by atoms with E-state index in [1.165, 1.54) is 0 Å². The molecule has 0 saturated heterocycles. The summed E-state index contributed by atoms with van der Waals surface area (Å²) in [6.45, 7) is 0. The van der Waals surface area contributed by atoms with Crippen LogP contribution in [-0.4, -0.2) is 0 Å². The van der Waals surface area contributed by atoms with Crippen LogP contribution in [0.3, 0.4) is 0 Å².